The van der Waals surface area contributed by atoms with Crippen LogP contribution in [-0.4, -0.2) is 89.1 Å². The maximum atomic E-state index is 14.6. The summed E-state index contributed by atoms with van der Waals surface area (Å²) in [6, 6.07) is 9.43. The molecule has 3 aliphatic heterocycles. The van der Waals surface area contributed by atoms with E-state index in [2.05, 4.69) is 15.2 Å². The summed E-state index contributed by atoms with van der Waals surface area (Å²) in [5.74, 6) is -1.92. The van der Waals surface area contributed by atoms with Gasteiger partial charge in [0.2, 0.25) is 0 Å². The van der Waals surface area contributed by atoms with Gasteiger partial charge in [0, 0.05) is 55.6 Å². The van der Waals surface area contributed by atoms with Crippen LogP contribution < -0.4 is 10.2 Å². The van der Waals surface area contributed by atoms with Crippen molar-refractivity contribution in [3.8, 4) is 0 Å². The van der Waals surface area contributed by atoms with Crippen LogP contribution in [0.4, 0.5) is 14.9 Å². The average Bonchev–Trinajstić information content (AvgIpc) is 3.67. The van der Waals surface area contributed by atoms with E-state index in [1.165, 1.54) is 34.4 Å². The molecule has 0 saturated carbocycles. The van der Waals surface area contributed by atoms with Gasteiger partial charge in [-0.3, -0.25) is 14.8 Å². The highest BCUT2D eigenvalue weighted by atomic mass is 35.5. The molecule has 2 atom stereocenters. The number of halogens is 2. The number of piperazine rings is 1. The summed E-state index contributed by atoms with van der Waals surface area (Å²) in [4.78, 5) is 53.2. The summed E-state index contributed by atoms with van der Waals surface area (Å²) < 4.78 is 20.1. The van der Waals surface area contributed by atoms with Crippen molar-refractivity contribution < 1.29 is 28.6 Å². The Kier molecular flexibility index (Phi) is 8.34. The Balaban J connectivity index is 1.32. The Hall–Kier alpha value is -4.33. The third-order valence-electron chi connectivity index (χ3n) is 7.78. The number of aromatic carboxylic acids is 1. The molecule has 3 aliphatic rings. The van der Waals surface area contributed by atoms with Crippen LogP contribution in [0.25, 0.3) is 0 Å². The van der Waals surface area contributed by atoms with Crippen LogP contribution in [0, 0.1) is 5.82 Å². The Morgan fingerprint density at radius 1 is 1.18 bits per heavy atom. The highest BCUT2D eigenvalue weighted by molar-refractivity contribution is 7.11. The lowest BCUT2D eigenvalue weighted by atomic mass is 9.95. The second-order valence-electron chi connectivity index (χ2n) is 10.4. The normalized spacial score (nSPS) is 20.3. The Labute approximate surface area is 261 Å². The minimum absolute atomic E-state index is 0.0595. The van der Waals surface area contributed by atoms with E-state index in [9.17, 15) is 23.9 Å². The molecule has 14 heteroatoms. The van der Waals surface area contributed by atoms with Crippen LogP contribution >= 0.6 is 22.9 Å². The van der Waals surface area contributed by atoms with Crippen molar-refractivity contribution in [3.05, 3.63) is 92.3 Å². The average molecular weight is 639 g/mol. The van der Waals surface area contributed by atoms with E-state index >= 15 is 0 Å². The number of amides is 2. The Morgan fingerprint density at radius 2 is 2.00 bits per heavy atom. The SMILES string of the molecule is CCOC(=O)C1=C(CN2CCN3C(=O)N(c4ccccc4C(=O)O)CC3C2)NC(c2nccs2)=NC1c1cccc(F)c1Cl. The van der Waals surface area contributed by atoms with Crippen molar-refractivity contribution in [1.29, 1.82) is 0 Å². The van der Waals surface area contributed by atoms with Gasteiger partial charge in [-0.1, -0.05) is 35.9 Å². The maximum Gasteiger partial charge on any atom is 0.338 e. The number of carboxylic acid groups (broad SMARTS) is 1. The van der Waals surface area contributed by atoms with Gasteiger partial charge in [0.05, 0.1) is 34.5 Å². The molecule has 1 aromatic heterocycles. The van der Waals surface area contributed by atoms with Crippen molar-refractivity contribution in [1.82, 2.24) is 20.1 Å². The number of esters is 1. The van der Waals surface area contributed by atoms with Crippen molar-refractivity contribution in [2.45, 2.75) is 19.0 Å². The highest BCUT2D eigenvalue weighted by Gasteiger charge is 2.43. The Morgan fingerprint density at radius 3 is 2.75 bits per heavy atom. The number of aromatic nitrogens is 1. The molecular formula is C30H28ClFN6O5S. The Bertz CT molecular complexity index is 1680. The monoisotopic (exact) mass is 638 g/mol. The number of fused-ring (bicyclic) bond motifs is 1. The first-order valence-electron chi connectivity index (χ1n) is 14.0. The first kappa shape index (κ1) is 29.7. The number of para-hydroxylation sites is 1. The fraction of sp³-hybridized carbons (Fsp3) is 0.300. The van der Waals surface area contributed by atoms with Gasteiger partial charge in [-0.05, 0) is 25.1 Å². The molecule has 2 fully saturated rings. The molecule has 0 bridgehead atoms. The summed E-state index contributed by atoms with van der Waals surface area (Å²) >= 11 is 7.77. The number of aliphatic imine (C=N–C) groups is 1. The minimum Gasteiger partial charge on any atom is -0.478 e. The number of ether oxygens (including phenoxy) is 1. The quantitative estimate of drug-likeness (QED) is 0.352. The van der Waals surface area contributed by atoms with Crippen LogP contribution in [0.1, 0.15) is 33.9 Å². The van der Waals surface area contributed by atoms with Crippen LogP contribution in [0.15, 0.2) is 70.3 Å². The van der Waals surface area contributed by atoms with E-state index in [1.54, 1.807) is 47.7 Å². The van der Waals surface area contributed by atoms with Crippen LogP contribution in [0.5, 0.6) is 0 Å². The lowest BCUT2D eigenvalue weighted by Gasteiger charge is -2.38. The molecule has 228 valence electrons. The zero-order valence-corrected chi connectivity index (χ0v) is 25.1. The number of thiazole rings is 1. The number of rotatable bonds is 8. The van der Waals surface area contributed by atoms with E-state index < -0.39 is 23.8 Å². The van der Waals surface area contributed by atoms with Gasteiger partial charge in [-0.15, -0.1) is 11.3 Å². The van der Waals surface area contributed by atoms with Crippen molar-refractivity contribution >= 4 is 52.4 Å². The third-order valence-corrected chi connectivity index (χ3v) is 8.95. The molecule has 2 unspecified atom stereocenters. The smallest absolute Gasteiger partial charge is 0.338 e. The summed E-state index contributed by atoms with van der Waals surface area (Å²) in [5.41, 5.74) is 1.46. The second-order valence-corrected chi connectivity index (χ2v) is 11.7. The number of nitrogens with zero attached hydrogens (tertiary/aromatic N) is 5. The molecule has 2 saturated heterocycles. The number of carboxylic acids is 1. The zero-order chi connectivity index (χ0) is 31.0. The number of urea groups is 1. The molecule has 6 rings (SSSR count). The number of hydrogen-bond donors (Lipinski definition) is 2. The van der Waals surface area contributed by atoms with E-state index in [0.29, 0.717) is 54.0 Å². The van der Waals surface area contributed by atoms with Gasteiger partial charge in [0.15, 0.2) is 10.8 Å². The van der Waals surface area contributed by atoms with E-state index in [-0.39, 0.29) is 41.4 Å². The first-order valence-corrected chi connectivity index (χ1v) is 15.2. The predicted molar refractivity (Wildman–Crippen MR) is 163 cm³/mol. The molecule has 44 heavy (non-hydrogen) atoms. The number of benzene rings is 2. The van der Waals surface area contributed by atoms with Gasteiger partial charge >= 0.3 is 18.0 Å². The van der Waals surface area contributed by atoms with Crippen LogP contribution in [0.2, 0.25) is 5.02 Å². The third kappa shape index (κ3) is 5.53. The van der Waals surface area contributed by atoms with Gasteiger partial charge in [-0.2, -0.15) is 0 Å². The van der Waals surface area contributed by atoms with Crippen molar-refractivity contribution in [2.75, 3.05) is 44.2 Å². The van der Waals surface area contributed by atoms with Gasteiger partial charge in [-0.25, -0.2) is 23.8 Å². The standard InChI is InChI=1S/C30H28ClFN6O5S/c1-2-43-29(41)23-21(34-26(27-33-10-13-44-27)35-25(23)19-7-5-8-20(32)24(19)31)16-36-11-12-37-17(14-36)15-38(30(37)42)22-9-4-3-6-18(22)28(39)40/h3-10,13,17,25H,2,11-12,14-16H2,1H3,(H,34,35)(H,39,40). The number of carbonyl (C=O) groups excluding carboxylic acids is 2. The van der Waals surface area contributed by atoms with E-state index in [1.807, 2.05) is 0 Å². The molecule has 2 aromatic carbocycles. The van der Waals surface area contributed by atoms with Gasteiger partial charge < -0.3 is 20.1 Å². The molecule has 3 aromatic rings. The molecular weight excluding hydrogens is 611 g/mol. The molecule has 0 aliphatic carbocycles. The number of anilines is 1. The summed E-state index contributed by atoms with van der Waals surface area (Å²) in [7, 11) is 0. The van der Waals surface area contributed by atoms with Crippen molar-refractivity contribution in [3.63, 3.8) is 0 Å². The van der Waals surface area contributed by atoms with Gasteiger partial charge in [0.1, 0.15) is 11.9 Å². The molecule has 2 amide bonds. The van der Waals surface area contributed by atoms with Gasteiger partial charge in [0.25, 0.3) is 0 Å². The molecule has 4 heterocycles. The molecule has 0 spiro atoms. The summed E-state index contributed by atoms with van der Waals surface area (Å²) in [6.45, 7) is 3.77. The fourth-order valence-electron chi connectivity index (χ4n) is 5.81. The molecule has 2 N–H and O–H groups in total. The van der Waals surface area contributed by atoms with Crippen molar-refractivity contribution in [2.24, 2.45) is 4.99 Å². The lowest BCUT2D eigenvalue weighted by Crippen LogP contribution is -2.53. The second kappa shape index (κ2) is 12.3. The molecule has 11 nitrogen and oxygen atoms in total. The minimum atomic E-state index is -1.10. The van der Waals surface area contributed by atoms with E-state index in [0.717, 1.165) is 0 Å². The van der Waals surface area contributed by atoms with Crippen LogP contribution in [0.3, 0.4) is 0 Å². The number of nitrogens with one attached hydrogen (secondary N) is 1. The largest absolute Gasteiger partial charge is 0.478 e. The lowest BCUT2D eigenvalue weighted by molar-refractivity contribution is -0.139. The summed E-state index contributed by atoms with van der Waals surface area (Å²) in [6.07, 6.45) is 1.64. The maximum absolute atomic E-state index is 14.6. The predicted octanol–water partition coefficient (Wildman–Crippen LogP) is 4.17. The fourth-order valence-corrected chi connectivity index (χ4v) is 6.62. The highest BCUT2D eigenvalue weighted by Crippen LogP contribution is 2.38. The number of hydrogen-bond acceptors (Lipinski definition) is 9. The summed E-state index contributed by atoms with van der Waals surface area (Å²) in [5, 5.41) is 15.2. The first-order chi connectivity index (χ1) is 21.3. The topological polar surface area (TPSA) is 128 Å². The molecule has 0 radical (unpaired) electrons. The number of carbonyl (C=O) groups is 3. The number of amidine groups is 1. The van der Waals surface area contributed by atoms with Crippen LogP contribution in [-0.2, 0) is 9.53 Å². The zero-order valence-electron chi connectivity index (χ0n) is 23.6. The van der Waals surface area contributed by atoms with E-state index in [4.69, 9.17) is 21.3 Å².